The lowest BCUT2D eigenvalue weighted by atomic mass is 10.1. The number of rotatable bonds is 4. The Morgan fingerprint density at radius 2 is 2.48 bits per heavy atom. The van der Waals surface area contributed by atoms with Gasteiger partial charge in [0, 0.05) is 23.9 Å². The van der Waals surface area contributed by atoms with Crippen molar-refractivity contribution in [1.82, 2.24) is 4.98 Å². The zero-order valence-electron chi connectivity index (χ0n) is 11.5. The molecule has 7 heteroatoms. The number of nitrogens with one attached hydrogen (secondary N) is 1. The molecular formula is C14H15N3O3S. The van der Waals surface area contributed by atoms with E-state index in [2.05, 4.69) is 21.7 Å². The van der Waals surface area contributed by atoms with E-state index in [0.717, 1.165) is 18.6 Å². The Labute approximate surface area is 125 Å². The van der Waals surface area contributed by atoms with Crippen LogP contribution in [-0.2, 0) is 11.2 Å². The summed E-state index contributed by atoms with van der Waals surface area (Å²) in [6, 6.07) is 3.62. The largest absolute Gasteiger partial charge is 0.371 e. The highest BCUT2D eigenvalue weighted by molar-refractivity contribution is 7.10. The normalized spacial score (nSPS) is 17.3. The molecule has 0 radical (unpaired) electrons. The van der Waals surface area contributed by atoms with Crippen LogP contribution in [0.4, 0.5) is 11.5 Å². The highest BCUT2D eigenvalue weighted by Gasteiger charge is 2.22. The van der Waals surface area contributed by atoms with E-state index in [-0.39, 0.29) is 11.8 Å². The number of pyridine rings is 1. The van der Waals surface area contributed by atoms with Gasteiger partial charge in [0.25, 0.3) is 5.69 Å². The third-order valence-electron chi connectivity index (χ3n) is 3.50. The van der Waals surface area contributed by atoms with Crippen molar-refractivity contribution >= 4 is 22.8 Å². The molecular weight excluding hydrogens is 290 g/mol. The molecule has 2 aromatic rings. The van der Waals surface area contributed by atoms with Crippen molar-refractivity contribution in [2.24, 2.45) is 0 Å². The monoisotopic (exact) mass is 305 g/mol. The van der Waals surface area contributed by atoms with E-state index in [0.29, 0.717) is 12.4 Å². The standard InChI is InChI=1S/C14H15N3O3S/c1-9-6-10(17(18)19)7-15-14(9)16-8-12-11-3-5-21-13(11)2-4-20-12/h3,5-7,12H,2,4,8H2,1H3,(H,15,16). The Hall–Kier alpha value is -1.99. The molecule has 110 valence electrons. The van der Waals surface area contributed by atoms with E-state index >= 15 is 0 Å². The Bertz CT molecular complexity index is 671. The van der Waals surface area contributed by atoms with Gasteiger partial charge in [-0.2, -0.15) is 0 Å². The van der Waals surface area contributed by atoms with Crippen LogP contribution in [0.5, 0.6) is 0 Å². The number of thiophene rings is 1. The molecule has 0 bridgehead atoms. The second kappa shape index (κ2) is 5.79. The van der Waals surface area contributed by atoms with Crippen molar-refractivity contribution in [3.05, 3.63) is 49.8 Å². The minimum absolute atomic E-state index is 0.00656. The lowest BCUT2D eigenvalue weighted by Gasteiger charge is -2.24. The van der Waals surface area contributed by atoms with Crippen LogP contribution in [0, 0.1) is 17.0 Å². The molecule has 0 aromatic carbocycles. The first-order valence-electron chi connectivity index (χ1n) is 6.68. The summed E-state index contributed by atoms with van der Waals surface area (Å²) in [6.45, 7) is 3.14. The third kappa shape index (κ3) is 2.88. The van der Waals surface area contributed by atoms with Crippen molar-refractivity contribution in [1.29, 1.82) is 0 Å². The number of nitro groups is 1. The Balaban J connectivity index is 1.70. The topological polar surface area (TPSA) is 77.3 Å². The van der Waals surface area contributed by atoms with Crippen molar-refractivity contribution in [2.75, 3.05) is 18.5 Å². The van der Waals surface area contributed by atoms with Gasteiger partial charge in [-0.3, -0.25) is 10.1 Å². The van der Waals surface area contributed by atoms with Crippen molar-refractivity contribution in [2.45, 2.75) is 19.4 Å². The molecule has 3 rings (SSSR count). The van der Waals surface area contributed by atoms with E-state index in [9.17, 15) is 10.1 Å². The van der Waals surface area contributed by atoms with Gasteiger partial charge in [-0.05, 0) is 29.5 Å². The van der Waals surface area contributed by atoms with Gasteiger partial charge in [-0.15, -0.1) is 11.3 Å². The van der Waals surface area contributed by atoms with Crippen molar-refractivity contribution in [3.8, 4) is 0 Å². The molecule has 1 aliphatic heterocycles. The van der Waals surface area contributed by atoms with Crippen LogP contribution in [0.3, 0.4) is 0 Å². The summed E-state index contributed by atoms with van der Waals surface area (Å²) >= 11 is 1.76. The predicted octanol–water partition coefficient (Wildman–Crippen LogP) is 3.09. The first kappa shape index (κ1) is 14.0. The van der Waals surface area contributed by atoms with Crippen LogP contribution in [0.1, 0.15) is 22.1 Å². The zero-order chi connectivity index (χ0) is 14.8. The van der Waals surface area contributed by atoms with Gasteiger partial charge in [-0.25, -0.2) is 4.98 Å². The number of anilines is 1. The maximum absolute atomic E-state index is 10.7. The Morgan fingerprint density at radius 3 is 3.24 bits per heavy atom. The molecule has 6 nitrogen and oxygen atoms in total. The van der Waals surface area contributed by atoms with E-state index in [1.54, 1.807) is 18.3 Å². The zero-order valence-corrected chi connectivity index (χ0v) is 12.4. The number of aromatic nitrogens is 1. The first-order valence-corrected chi connectivity index (χ1v) is 7.56. The smallest absolute Gasteiger partial charge is 0.287 e. The lowest BCUT2D eigenvalue weighted by molar-refractivity contribution is -0.385. The summed E-state index contributed by atoms with van der Waals surface area (Å²) < 4.78 is 5.79. The molecule has 1 N–H and O–H groups in total. The quantitative estimate of drug-likeness (QED) is 0.694. The molecule has 0 saturated carbocycles. The minimum atomic E-state index is -0.439. The second-order valence-corrected chi connectivity index (χ2v) is 5.91. The number of fused-ring (bicyclic) bond motifs is 1. The fourth-order valence-electron chi connectivity index (χ4n) is 2.43. The van der Waals surface area contributed by atoms with E-state index in [4.69, 9.17) is 4.74 Å². The van der Waals surface area contributed by atoms with Crippen LogP contribution < -0.4 is 5.32 Å². The molecule has 1 atom stereocenters. The van der Waals surface area contributed by atoms with E-state index in [1.165, 1.54) is 22.7 Å². The lowest BCUT2D eigenvalue weighted by Crippen LogP contribution is -2.22. The Kier molecular flexibility index (Phi) is 3.85. The number of nitrogens with zero attached hydrogens (tertiary/aromatic N) is 2. The molecule has 0 spiro atoms. The molecule has 3 heterocycles. The second-order valence-electron chi connectivity index (χ2n) is 4.91. The van der Waals surface area contributed by atoms with E-state index in [1.807, 2.05) is 0 Å². The average Bonchev–Trinajstić information content (AvgIpc) is 2.94. The fourth-order valence-corrected chi connectivity index (χ4v) is 3.34. The van der Waals surface area contributed by atoms with Gasteiger partial charge in [0.05, 0.1) is 11.5 Å². The van der Waals surface area contributed by atoms with Crippen LogP contribution in [0.2, 0.25) is 0 Å². The summed E-state index contributed by atoms with van der Waals surface area (Å²) in [7, 11) is 0. The SMILES string of the molecule is Cc1cc([N+](=O)[O-])cnc1NCC1OCCc2sccc21. The van der Waals surface area contributed by atoms with Gasteiger partial charge in [0.15, 0.2) is 0 Å². The van der Waals surface area contributed by atoms with Crippen LogP contribution in [0.15, 0.2) is 23.7 Å². The van der Waals surface area contributed by atoms with Crippen molar-refractivity contribution in [3.63, 3.8) is 0 Å². The van der Waals surface area contributed by atoms with Gasteiger partial charge in [-0.1, -0.05) is 0 Å². The molecule has 0 fully saturated rings. The highest BCUT2D eigenvalue weighted by Crippen LogP contribution is 2.31. The maximum Gasteiger partial charge on any atom is 0.287 e. The number of aryl methyl sites for hydroxylation is 1. The van der Waals surface area contributed by atoms with Gasteiger partial charge in [0.2, 0.25) is 0 Å². The van der Waals surface area contributed by atoms with Gasteiger partial charge in [0.1, 0.15) is 18.1 Å². The summed E-state index contributed by atoms with van der Waals surface area (Å²) in [6.07, 6.45) is 2.25. The molecule has 1 unspecified atom stereocenters. The molecule has 2 aromatic heterocycles. The number of ether oxygens (including phenoxy) is 1. The highest BCUT2D eigenvalue weighted by atomic mass is 32.1. The summed E-state index contributed by atoms with van der Waals surface area (Å²) in [5.74, 6) is 0.659. The summed E-state index contributed by atoms with van der Waals surface area (Å²) in [5, 5.41) is 16.0. The molecule has 0 aliphatic carbocycles. The van der Waals surface area contributed by atoms with Gasteiger partial charge >= 0.3 is 0 Å². The van der Waals surface area contributed by atoms with Gasteiger partial charge < -0.3 is 10.1 Å². The fraction of sp³-hybridized carbons (Fsp3) is 0.357. The van der Waals surface area contributed by atoms with Crippen LogP contribution in [0.25, 0.3) is 0 Å². The molecule has 0 saturated heterocycles. The predicted molar refractivity (Wildman–Crippen MR) is 80.8 cm³/mol. The minimum Gasteiger partial charge on any atom is -0.371 e. The molecule has 21 heavy (non-hydrogen) atoms. The Morgan fingerprint density at radius 1 is 1.62 bits per heavy atom. The summed E-state index contributed by atoms with van der Waals surface area (Å²) in [4.78, 5) is 15.8. The first-order chi connectivity index (χ1) is 10.1. The van der Waals surface area contributed by atoms with Crippen molar-refractivity contribution < 1.29 is 9.66 Å². The summed E-state index contributed by atoms with van der Waals surface area (Å²) in [5.41, 5.74) is 2.00. The van der Waals surface area contributed by atoms with Crippen LogP contribution in [-0.4, -0.2) is 23.1 Å². The number of hydrogen-bond donors (Lipinski definition) is 1. The van der Waals surface area contributed by atoms with E-state index < -0.39 is 4.92 Å². The van der Waals surface area contributed by atoms with Crippen LogP contribution >= 0.6 is 11.3 Å². The average molecular weight is 305 g/mol. The number of hydrogen-bond acceptors (Lipinski definition) is 6. The maximum atomic E-state index is 10.7. The molecule has 0 amide bonds. The third-order valence-corrected chi connectivity index (χ3v) is 4.50. The molecule has 1 aliphatic rings.